The van der Waals surface area contributed by atoms with Gasteiger partial charge >= 0.3 is 5.97 Å². The molecule has 21 heavy (non-hydrogen) atoms. The minimum absolute atomic E-state index is 0.00584. The van der Waals surface area contributed by atoms with Crippen LogP contribution in [0.5, 0.6) is 5.75 Å². The molecule has 5 heteroatoms. The molecule has 1 saturated carbocycles. The molecule has 1 aromatic carbocycles. The average Bonchev–Trinajstić information content (AvgIpc) is 2.32. The fourth-order valence-electron chi connectivity index (χ4n) is 2.40. The molecule has 0 bridgehead atoms. The highest BCUT2D eigenvalue weighted by Gasteiger charge is 2.35. The van der Waals surface area contributed by atoms with Gasteiger partial charge in [-0.1, -0.05) is 12.1 Å². The molecule has 0 aliphatic heterocycles. The number of nitrogens with one attached hydrogen (secondary N) is 1. The molecular weight excluding hydrogens is 270 g/mol. The minimum Gasteiger partial charge on any atom is -0.491 e. The van der Waals surface area contributed by atoms with Crippen molar-refractivity contribution in [2.24, 2.45) is 5.92 Å². The Morgan fingerprint density at radius 2 is 2.10 bits per heavy atom. The Bertz CT molecular complexity index is 521. The second-order valence-corrected chi connectivity index (χ2v) is 5.76. The molecule has 1 amide bonds. The second kappa shape index (κ2) is 6.61. The van der Waals surface area contributed by atoms with Crippen molar-refractivity contribution in [2.75, 3.05) is 0 Å². The smallest absolute Gasteiger partial charge is 0.306 e. The molecule has 1 fully saturated rings. The van der Waals surface area contributed by atoms with Gasteiger partial charge in [0.25, 0.3) is 0 Å². The summed E-state index contributed by atoms with van der Waals surface area (Å²) in [7, 11) is 0. The summed E-state index contributed by atoms with van der Waals surface area (Å²) in [6.45, 7) is 3.91. The fraction of sp³-hybridized carbons (Fsp3) is 0.500. The van der Waals surface area contributed by atoms with Crippen LogP contribution in [0.25, 0.3) is 0 Å². The number of benzene rings is 1. The number of ether oxygens (including phenoxy) is 1. The molecule has 0 spiro atoms. The van der Waals surface area contributed by atoms with E-state index in [1.807, 2.05) is 38.1 Å². The summed E-state index contributed by atoms with van der Waals surface area (Å²) >= 11 is 0. The van der Waals surface area contributed by atoms with Crippen molar-refractivity contribution in [3.05, 3.63) is 29.8 Å². The number of carboxylic acids is 1. The summed E-state index contributed by atoms with van der Waals surface area (Å²) in [5.74, 6) is -0.410. The molecule has 114 valence electrons. The number of rotatable bonds is 6. The van der Waals surface area contributed by atoms with Crippen LogP contribution in [0.2, 0.25) is 0 Å². The standard InChI is InChI=1S/C16H21NO4/c1-10(2)21-14-5-3-4-11(6-14)7-15(18)17-13-8-12(9-13)16(19)20/h3-6,10,12-13H,7-9H2,1-2H3,(H,17,18)(H,19,20). The van der Waals surface area contributed by atoms with E-state index in [9.17, 15) is 9.59 Å². The third-order valence-corrected chi connectivity index (χ3v) is 3.49. The van der Waals surface area contributed by atoms with Crippen molar-refractivity contribution in [1.82, 2.24) is 5.32 Å². The predicted molar refractivity (Wildman–Crippen MR) is 78.2 cm³/mol. The molecule has 2 N–H and O–H groups in total. The van der Waals surface area contributed by atoms with Gasteiger partial charge in [-0.15, -0.1) is 0 Å². The summed E-state index contributed by atoms with van der Waals surface area (Å²) < 4.78 is 5.59. The zero-order chi connectivity index (χ0) is 15.4. The van der Waals surface area contributed by atoms with E-state index in [4.69, 9.17) is 9.84 Å². The van der Waals surface area contributed by atoms with Gasteiger partial charge in [-0.3, -0.25) is 9.59 Å². The van der Waals surface area contributed by atoms with E-state index < -0.39 is 5.97 Å². The van der Waals surface area contributed by atoms with E-state index in [0.29, 0.717) is 12.8 Å². The maximum atomic E-state index is 11.9. The topological polar surface area (TPSA) is 75.6 Å². The van der Waals surface area contributed by atoms with Gasteiger partial charge in [0.2, 0.25) is 5.91 Å². The summed E-state index contributed by atoms with van der Waals surface area (Å²) in [5.41, 5.74) is 0.889. The van der Waals surface area contributed by atoms with Crippen molar-refractivity contribution >= 4 is 11.9 Å². The quantitative estimate of drug-likeness (QED) is 0.840. The Hall–Kier alpha value is -2.04. The number of hydrogen-bond donors (Lipinski definition) is 2. The SMILES string of the molecule is CC(C)Oc1cccc(CC(=O)NC2CC(C(=O)O)C2)c1. The van der Waals surface area contributed by atoms with E-state index in [1.54, 1.807) is 0 Å². The number of carboxylic acid groups (broad SMARTS) is 1. The summed E-state index contributed by atoms with van der Waals surface area (Å²) in [6.07, 6.45) is 1.43. The lowest BCUT2D eigenvalue weighted by Gasteiger charge is -2.32. The first kappa shape index (κ1) is 15.4. The fourth-order valence-corrected chi connectivity index (χ4v) is 2.40. The summed E-state index contributed by atoms with van der Waals surface area (Å²) in [6, 6.07) is 7.47. The normalized spacial score (nSPS) is 20.7. The molecule has 0 heterocycles. The van der Waals surface area contributed by atoms with Crippen LogP contribution in [0.1, 0.15) is 32.3 Å². The molecule has 0 radical (unpaired) electrons. The number of carbonyl (C=O) groups excluding carboxylic acids is 1. The number of hydrogen-bond acceptors (Lipinski definition) is 3. The second-order valence-electron chi connectivity index (χ2n) is 5.76. The van der Waals surface area contributed by atoms with E-state index in [2.05, 4.69) is 5.32 Å². The lowest BCUT2D eigenvalue weighted by atomic mass is 9.80. The van der Waals surface area contributed by atoms with Crippen LogP contribution in [0.4, 0.5) is 0 Å². The Morgan fingerprint density at radius 3 is 2.71 bits per heavy atom. The number of aliphatic carboxylic acids is 1. The van der Waals surface area contributed by atoms with Crippen LogP contribution < -0.4 is 10.1 Å². The Labute approximate surface area is 124 Å². The van der Waals surface area contributed by atoms with Gasteiger partial charge in [-0.2, -0.15) is 0 Å². The lowest BCUT2D eigenvalue weighted by molar-refractivity contribution is -0.146. The molecule has 0 unspecified atom stereocenters. The van der Waals surface area contributed by atoms with Crippen molar-refractivity contribution in [2.45, 2.75) is 45.3 Å². The highest BCUT2D eigenvalue weighted by Crippen LogP contribution is 2.27. The Morgan fingerprint density at radius 1 is 1.38 bits per heavy atom. The van der Waals surface area contributed by atoms with Crippen molar-refractivity contribution in [3.8, 4) is 5.75 Å². The molecule has 1 aliphatic rings. The van der Waals surface area contributed by atoms with Crippen LogP contribution >= 0.6 is 0 Å². The molecule has 5 nitrogen and oxygen atoms in total. The van der Waals surface area contributed by atoms with Gasteiger partial charge in [0.05, 0.1) is 18.4 Å². The molecule has 1 aromatic rings. The predicted octanol–water partition coefficient (Wildman–Crippen LogP) is 2.00. The molecule has 2 rings (SSSR count). The highest BCUT2D eigenvalue weighted by molar-refractivity contribution is 5.79. The van der Waals surface area contributed by atoms with Crippen LogP contribution in [0.3, 0.4) is 0 Å². The molecule has 1 aliphatic carbocycles. The van der Waals surface area contributed by atoms with Crippen molar-refractivity contribution in [1.29, 1.82) is 0 Å². The first-order valence-electron chi connectivity index (χ1n) is 7.22. The van der Waals surface area contributed by atoms with E-state index in [0.717, 1.165) is 11.3 Å². The van der Waals surface area contributed by atoms with Gasteiger partial charge in [0.15, 0.2) is 0 Å². The monoisotopic (exact) mass is 291 g/mol. The van der Waals surface area contributed by atoms with Crippen LogP contribution in [0, 0.1) is 5.92 Å². The summed E-state index contributed by atoms with van der Waals surface area (Å²) in [4.78, 5) is 22.6. The molecule has 0 aromatic heterocycles. The van der Waals surface area contributed by atoms with Gasteiger partial charge in [-0.25, -0.2) is 0 Å². The molecular formula is C16H21NO4. The third-order valence-electron chi connectivity index (χ3n) is 3.49. The number of amides is 1. The summed E-state index contributed by atoms with van der Waals surface area (Å²) in [5, 5.41) is 11.7. The number of carbonyl (C=O) groups is 2. The zero-order valence-corrected chi connectivity index (χ0v) is 12.3. The average molecular weight is 291 g/mol. The highest BCUT2D eigenvalue weighted by atomic mass is 16.5. The van der Waals surface area contributed by atoms with Crippen LogP contribution in [-0.2, 0) is 16.0 Å². The van der Waals surface area contributed by atoms with E-state index in [-0.39, 0.29) is 30.4 Å². The maximum absolute atomic E-state index is 11.9. The Kier molecular flexibility index (Phi) is 4.83. The first-order chi connectivity index (χ1) is 9.94. The van der Waals surface area contributed by atoms with E-state index >= 15 is 0 Å². The molecule has 0 saturated heterocycles. The van der Waals surface area contributed by atoms with Gasteiger partial charge in [-0.05, 0) is 44.4 Å². The zero-order valence-electron chi connectivity index (χ0n) is 12.3. The van der Waals surface area contributed by atoms with E-state index in [1.165, 1.54) is 0 Å². The Balaban J connectivity index is 1.82. The third kappa shape index (κ3) is 4.48. The van der Waals surface area contributed by atoms with Gasteiger partial charge < -0.3 is 15.2 Å². The van der Waals surface area contributed by atoms with Crippen molar-refractivity contribution < 1.29 is 19.4 Å². The maximum Gasteiger partial charge on any atom is 0.306 e. The van der Waals surface area contributed by atoms with Gasteiger partial charge in [0, 0.05) is 6.04 Å². The first-order valence-corrected chi connectivity index (χ1v) is 7.22. The van der Waals surface area contributed by atoms with Crippen LogP contribution in [-0.4, -0.2) is 29.1 Å². The van der Waals surface area contributed by atoms with Crippen molar-refractivity contribution in [3.63, 3.8) is 0 Å². The largest absolute Gasteiger partial charge is 0.491 e. The van der Waals surface area contributed by atoms with Gasteiger partial charge in [0.1, 0.15) is 5.75 Å². The van der Waals surface area contributed by atoms with Crippen LogP contribution in [0.15, 0.2) is 24.3 Å². The molecule has 0 atom stereocenters. The lowest BCUT2D eigenvalue weighted by Crippen LogP contribution is -2.47. The minimum atomic E-state index is -0.779.